The molecule has 0 amide bonds. The summed E-state index contributed by atoms with van der Waals surface area (Å²) in [6.07, 6.45) is 4.32. The summed E-state index contributed by atoms with van der Waals surface area (Å²) in [4.78, 5) is 4.45. The monoisotopic (exact) mass is 418 g/mol. The number of ether oxygens (including phenoxy) is 3. The molecular formula is C22H34N4O4. The molecular weight excluding hydrogens is 384 g/mol. The Balaban J connectivity index is 1.56. The summed E-state index contributed by atoms with van der Waals surface area (Å²) < 4.78 is 18.8. The number of β-amino-alcohol motifs (C(OH)–C–C–N with tert-alkyl or cyclic N) is 1. The molecule has 2 heterocycles. The van der Waals surface area contributed by atoms with Crippen LogP contribution < -0.4 is 9.47 Å². The Morgan fingerprint density at radius 1 is 1.30 bits per heavy atom. The summed E-state index contributed by atoms with van der Waals surface area (Å²) in [7, 11) is 5.66. The Hall–Kier alpha value is -2.13. The molecule has 1 aliphatic rings. The van der Waals surface area contributed by atoms with Crippen molar-refractivity contribution in [2.24, 2.45) is 7.05 Å². The minimum atomic E-state index is -0.566. The molecule has 2 aromatic rings. The third-order valence-electron chi connectivity index (χ3n) is 5.25. The van der Waals surface area contributed by atoms with Gasteiger partial charge in [-0.15, -0.1) is 0 Å². The number of para-hydroxylation sites is 1. The average Bonchev–Trinajstić information content (AvgIpc) is 3.17. The fourth-order valence-corrected chi connectivity index (χ4v) is 3.62. The molecule has 0 bridgehead atoms. The second-order valence-electron chi connectivity index (χ2n) is 7.84. The lowest BCUT2D eigenvalue weighted by molar-refractivity contribution is 0.00432. The first-order valence-corrected chi connectivity index (χ1v) is 10.5. The Labute approximate surface area is 178 Å². The van der Waals surface area contributed by atoms with E-state index >= 15 is 0 Å². The summed E-state index contributed by atoms with van der Waals surface area (Å²) >= 11 is 0. The minimum Gasteiger partial charge on any atom is -0.493 e. The van der Waals surface area contributed by atoms with E-state index in [1.54, 1.807) is 7.11 Å². The van der Waals surface area contributed by atoms with Crippen molar-refractivity contribution < 1.29 is 19.3 Å². The highest BCUT2D eigenvalue weighted by atomic mass is 16.5. The number of nitrogens with zero attached hydrogens (tertiary/aromatic N) is 4. The fourth-order valence-electron chi connectivity index (χ4n) is 3.62. The van der Waals surface area contributed by atoms with Crippen molar-refractivity contribution in [2.75, 3.05) is 60.2 Å². The average molecular weight is 419 g/mol. The zero-order chi connectivity index (χ0) is 21.3. The predicted octanol–water partition coefficient (Wildman–Crippen LogP) is 1.18. The Kier molecular flexibility index (Phi) is 8.50. The highest BCUT2D eigenvalue weighted by molar-refractivity contribution is 5.46. The van der Waals surface area contributed by atoms with Crippen molar-refractivity contribution in [1.29, 1.82) is 0 Å². The largest absolute Gasteiger partial charge is 0.493 e. The summed E-state index contributed by atoms with van der Waals surface area (Å²) in [5.41, 5.74) is 2.26. The SMILES string of the molecule is COc1cccc(CN(C)CCc2cnn(C)c2)c1OC[C@H](O)CN1CCOCC1. The van der Waals surface area contributed by atoms with Crippen molar-refractivity contribution >= 4 is 0 Å². The molecule has 1 saturated heterocycles. The molecule has 1 fully saturated rings. The second-order valence-corrected chi connectivity index (χ2v) is 7.84. The third-order valence-corrected chi connectivity index (χ3v) is 5.25. The molecule has 1 atom stereocenters. The first-order chi connectivity index (χ1) is 14.5. The zero-order valence-corrected chi connectivity index (χ0v) is 18.3. The van der Waals surface area contributed by atoms with Crippen LogP contribution in [0.5, 0.6) is 11.5 Å². The Bertz CT molecular complexity index is 776. The fraction of sp³-hybridized carbons (Fsp3) is 0.591. The summed E-state index contributed by atoms with van der Waals surface area (Å²) in [6, 6.07) is 5.91. The van der Waals surface area contributed by atoms with Crippen molar-refractivity contribution in [2.45, 2.75) is 19.1 Å². The maximum Gasteiger partial charge on any atom is 0.165 e. The van der Waals surface area contributed by atoms with Gasteiger partial charge in [0.15, 0.2) is 11.5 Å². The van der Waals surface area contributed by atoms with Crippen LogP contribution in [-0.2, 0) is 24.8 Å². The van der Waals surface area contributed by atoms with E-state index in [9.17, 15) is 5.11 Å². The first-order valence-electron chi connectivity index (χ1n) is 10.5. The molecule has 0 saturated carbocycles. The van der Waals surface area contributed by atoms with Crippen LogP contribution in [0.25, 0.3) is 0 Å². The molecule has 3 rings (SSSR count). The summed E-state index contributed by atoms with van der Waals surface area (Å²) in [5, 5.41) is 14.7. The van der Waals surface area contributed by atoms with Gasteiger partial charge in [0, 0.05) is 51.5 Å². The number of rotatable bonds is 11. The highest BCUT2D eigenvalue weighted by Crippen LogP contribution is 2.32. The van der Waals surface area contributed by atoms with Crippen LogP contribution in [0.1, 0.15) is 11.1 Å². The zero-order valence-electron chi connectivity index (χ0n) is 18.3. The predicted molar refractivity (Wildman–Crippen MR) is 115 cm³/mol. The van der Waals surface area contributed by atoms with Crippen molar-refractivity contribution in [3.05, 3.63) is 41.7 Å². The van der Waals surface area contributed by atoms with Gasteiger partial charge in [0.1, 0.15) is 12.7 Å². The molecule has 8 heteroatoms. The number of aromatic nitrogens is 2. The maximum absolute atomic E-state index is 10.4. The van der Waals surface area contributed by atoms with Gasteiger partial charge < -0.3 is 24.2 Å². The molecule has 1 aromatic heterocycles. The Morgan fingerprint density at radius 2 is 2.10 bits per heavy atom. The maximum atomic E-state index is 10.4. The van der Waals surface area contributed by atoms with Gasteiger partial charge in [0.05, 0.1) is 26.5 Å². The van der Waals surface area contributed by atoms with Gasteiger partial charge in [-0.05, 0) is 25.1 Å². The number of aliphatic hydroxyl groups excluding tert-OH is 1. The topological polar surface area (TPSA) is 72.2 Å². The number of morpholine rings is 1. The second kappa shape index (κ2) is 11.3. The lowest BCUT2D eigenvalue weighted by Gasteiger charge is -2.28. The molecule has 0 aliphatic carbocycles. The van der Waals surface area contributed by atoms with Crippen LogP contribution in [-0.4, -0.2) is 90.9 Å². The lowest BCUT2D eigenvalue weighted by Crippen LogP contribution is -2.42. The van der Waals surface area contributed by atoms with Gasteiger partial charge in [0.2, 0.25) is 0 Å². The standard InChI is InChI=1S/C22H34N4O4/c1-24(8-7-18-13-23-25(2)14-18)15-19-5-4-6-21(28-3)22(19)30-17-20(27)16-26-9-11-29-12-10-26/h4-6,13-14,20,27H,7-12,15-17H2,1-3H3/t20-/m1/s1. The molecule has 0 unspecified atom stereocenters. The van der Waals surface area contributed by atoms with E-state index < -0.39 is 6.10 Å². The van der Waals surface area contributed by atoms with Crippen molar-refractivity contribution in [3.63, 3.8) is 0 Å². The minimum absolute atomic E-state index is 0.226. The van der Waals surface area contributed by atoms with Gasteiger partial charge in [-0.2, -0.15) is 5.10 Å². The molecule has 0 spiro atoms. The number of hydrogen-bond acceptors (Lipinski definition) is 7. The first kappa shape index (κ1) is 22.6. The van der Waals surface area contributed by atoms with Gasteiger partial charge in [-0.25, -0.2) is 0 Å². The molecule has 1 aromatic carbocycles. The Morgan fingerprint density at radius 3 is 2.80 bits per heavy atom. The molecule has 1 N–H and O–H groups in total. The van der Waals surface area contributed by atoms with E-state index in [-0.39, 0.29) is 6.61 Å². The van der Waals surface area contributed by atoms with E-state index in [1.165, 1.54) is 5.56 Å². The molecule has 1 aliphatic heterocycles. The van der Waals surface area contributed by atoms with Crippen LogP contribution in [0.2, 0.25) is 0 Å². The van der Waals surface area contributed by atoms with Crippen LogP contribution in [0.4, 0.5) is 0 Å². The van der Waals surface area contributed by atoms with Crippen molar-refractivity contribution in [3.8, 4) is 11.5 Å². The molecule has 8 nitrogen and oxygen atoms in total. The molecule has 0 radical (unpaired) electrons. The van der Waals surface area contributed by atoms with Crippen LogP contribution >= 0.6 is 0 Å². The quantitative estimate of drug-likeness (QED) is 0.587. The van der Waals surface area contributed by atoms with Gasteiger partial charge in [-0.1, -0.05) is 12.1 Å². The van der Waals surface area contributed by atoms with Crippen LogP contribution in [0.15, 0.2) is 30.6 Å². The van der Waals surface area contributed by atoms with Crippen LogP contribution in [0, 0.1) is 0 Å². The van der Waals surface area contributed by atoms with E-state index in [1.807, 2.05) is 42.3 Å². The normalized spacial score (nSPS) is 16.0. The van der Waals surface area contributed by atoms with E-state index in [4.69, 9.17) is 14.2 Å². The smallest absolute Gasteiger partial charge is 0.165 e. The number of methoxy groups -OCH3 is 1. The third kappa shape index (κ3) is 6.70. The summed E-state index contributed by atoms with van der Waals surface area (Å²) in [5.74, 6) is 1.39. The number of aryl methyl sites for hydroxylation is 1. The van der Waals surface area contributed by atoms with Gasteiger partial charge in [-0.3, -0.25) is 9.58 Å². The van der Waals surface area contributed by atoms with Crippen molar-refractivity contribution in [1.82, 2.24) is 19.6 Å². The van der Waals surface area contributed by atoms with Crippen LogP contribution in [0.3, 0.4) is 0 Å². The van der Waals surface area contributed by atoms with E-state index in [2.05, 4.69) is 21.9 Å². The number of benzene rings is 1. The number of aliphatic hydroxyl groups is 1. The molecule has 30 heavy (non-hydrogen) atoms. The van der Waals surface area contributed by atoms with E-state index in [0.717, 1.165) is 51.4 Å². The van der Waals surface area contributed by atoms with Gasteiger partial charge >= 0.3 is 0 Å². The number of likely N-dealkylation sites (N-methyl/N-ethyl adjacent to an activating group) is 1. The lowest BCUT2D eigenvalue weighted by atomic mass is 10.1. The summed E-state index contributed by atoms with van der Waals surface area (Å²) in [6.45, 7) is 5.57. The van der Waals surface area contributed by atoms with Gasteiger partial charge in [0.25, 0.3) is 0 Å². The van der Waals surface area contributed by atoms with E-state index in [0.29, 0.717) is 18.0 Å². The molecule has 166 valence electrons. The highest BCUT2D eigenvalue weighted by Gasteiger charge is 2.18. The number of hydrogen-bond donors (Lipinski definition) is 1.